The fourth-order valence-corrected chi connectivity index (χ4v) is 1.75. The number of piperidine rings is 1. The van der Waals surface area contributed by atoms with E-state index in [-0.39, 0.29) is 17.9 Å². The van der Waals surface area contributed by atoms with Crippen LogP contribution in [-0.4, -0.2) is 34.5 Å². The van der Waals surface area contributed by atoms with Crippen LogP contribution >= 0.6 is 0 Å². The minimum absolute atomic E-state index is 0.0292. The van der Waals surface area contributed by atoms with Crippen molar-refractivity contribution in [2.24, 2.45) is 5.92 Å². The molecule has 0 aromatic carbocycles. The van der Waals surface area contributed by atoms with Gasteiger partial charge < -0.3 is 10.0 Å². The Morgan fingerprint density at radius 2 is 2.00 bits per heavy atom. The van der Waals surface area contributed by atoms with Crippen LogP contribution < -0.4 is 0 Å². The van der Waals surface area contributed by atoms with Crippen molar-refractivity contribution in [3.63, 3.8) is 0 Å². The fraction of sp³-hybridized carbons (Fsp3) is 0.778. The van der Waals surface area contributed by atoms with Crippen molar-refractivity contribution >= 4 is 11.9 Å². The highest BCUT2D eigenvalue weighted by Gasteiger charge is 2.30. The predicted molar refractivity (Wildman–Crippen MR) is 47.2 cm³/mol. The molecule has 1 aliphatic rings. The molecular formula is C9H15NO3. The van der Waals surface area contributed by atoms with Crippen LogP contribution in [0.1, 0.15) is 26.7 Å². The van der Waals surface area contributed by atoms with Gasteiger partial charge in [0.1, 0.15) is 0 Å². The second kappa shape index (κ2) is 3.77. The molecule has 4 heteroatoms. The minimum Gasteiger partial charge on any atom is -0.481 e. The monoisotopic (exact) mass is 185 g/mol. The molecule has 1 fully saturated rings. The van der Waals surface area contributed by atoms with Crippen molar-refractivity contribution in [2.45, 2.75) is 32.7 Å². The number of carboxylic acid groups (broad SMARTS) is 1. The number of likely N-dealkylation sites (tertiary alicyclic amines) is 1. The second-order valence-electron chi connectivity index (χ2n) is 3.63. The van der Waals surface area contributed by atoms with Crippen molar-refractivity contribution in [1.29, 1.82) is 0 Å². The standard InChI is InChI=1S/C9H15NO3/c1-6-3-4-8(9(12)13)5-10(6)7(2)11/h6,8H,3-5H2,1-2H3,(H,12,13)/t6-,8+/m0/s1. The molecule has 0 aromatic heterocycles. The molecule has 1 rings (SSSR count). The first kappa shape index (κ1) is 10.0. The van der Waals surface area contributed by atoms with Crippen LogP contribution in [0.3, 0.4) is 0 Å². The number of aliphatic carboxylic acids is 1. The molecule has 0 aliphatic carbocycles. The summed E-state index contributed by atoms with van der Waals surface area (Å²) in [5.41, 5.74) is 0. The summed E-state index contributed by atoms with van der Waals surface area (Å²) in [6, 6.07) is 0.188. The summed E-state index contributed by atoms with van der Waals surface area (Å²) in [6.45, 7) is 3.81. The zero-order valence-corrected chi connectivity index (χ0v) is 7.99. The Kier molecular flexibility index (Phi) is 2.90. The summed E-state index contributed by atoms with van der Waals surface area (Å²) in [4.78, 5) is 23.4. The number of nitrogens with zero attached hydrogens (tertiary/aromatic N) is 1. The number of hydrogen-bond donors (Lipinski definition) is 1. The van der Waals surface area contributed by atoms with Gasteiger partial charge in [-0.1, -0.05) is 0 Å². The van der Waals surface area contributed by atoms with E-state index in [1.165, 1.54) is 6.92 Å². The Balaban J connectivity index is 2.63. The van der Waals surface area contributed by atoms with Gasteiger partial charge in [-0.05, 0) is 19.8 Å². The molecule has 0 aromatic rings. The van der Waals surface area contributed by atoms with Crippen LogP contribution in [0.4, 0.5) is 0 Å². The van der Waals surface area contributed by atoms with E-state index in [0.29, 0.717) is 13.0 Å². The largest absolute Gasteiger partial charge is 0.481 e. The molecule has 0 spiro atoms. The number of rotatable bonds is 1. The fourth-order valence-electron chi connectivity index (χ4n) is 1.75. The molecule has 1 N–H and O–H groups in total. The van der Waals surface area contributed by atoms with E-state index in [0.717, 1.165) is 6.42 Å². The zero-order chi connectivity index (χ0) is 10.0. The van der Waals surface area contributed by atoms with Crippen LogP contribution in [0.25, 0.3) is 0 Å². The summed E-state index contributed by atoms with van der Waals surface area (Å²) >= 11 is 0. The quantitative estimate of drug-likeness (QED) is 0.654. The zero-order valence-electron chi connectivity index (χ0n) is 7.99. The van der Waals surface area contributed by atoms with Crippen molar-refractivity contribution in [1.82, 2.24) is 4.90 Å². The van der Waals surface area contributed by atoms with Crippen molar-refractivity contribution in [2.75, 3.05) is 6.54 Å². The molecule has 4 nitrogen and oxygen atoms in total. The lowest BCUT2D eigenvalue weighted by molar-refractivity contribution is -0.146. The third kappa shape index (κ3) is 2.20. The van der Waals surface area contributed by atoms with Crippen LogP contribution in [0.15, 0.2) is 0 Å². The van der Waals surface area contributed by atoms with E-state index in [2.05, 4.69) is 0 Å². The smallest absolute Gasteiger partial charge is 0.308 e. The minimum atomic E-state index is -0.793. The third-order valence-corrected chi connectivity index (χ3v) is 2.64. The molecule has 0 saturated carbocycles. The molecule has 1 aliphatic heterocycles. The molecule has 1 saturated heterocycles. The molecule has 13 heavy (non-hydrogen) atoms. The first-order chi connectivity index (χ1) is 6.02. The normalized spacial score (nSPS) is 28.6. The summed E-state index contributed by atoms with van der Waals surface area (Å²) < 4.78 is 0. The molecule has 1 heterocycles. The number of carbonyl (C=O) groups is 2. The summed E-state index contributed by atoms with van der Waals surface area (Å²) in [7, 11) is 0. The highest BCUT2D eigenvalue weighted by Crippen LogP contribution is 2.21. The van der Waals surface area contributed by atoms with E-state index in [1.807, 2.05) is 6.92 Å². The number of hydrogen-bond acceptors (Lipinski definition) is 2. The van der Waals surface area contributed by atoms with Gasteiger partial charge in [-0.25, -0.2) is 0 Å². The van der Waals surface area contributed by atoms with Gasteiger partial charge in [-0.2, -0.15) is 0 Å². The van der Waals surface area contributed by atoms with Gasteiger partial charge in [0, 0.05) is 19.5 Å². The second-order valence-corrected chi connectivity index (χ2v) is 3.63. The van der Waals surface area contributed by atoms with Gasteiger partial charge in [-0.15, -0.1) is 0 Å². The molecular weight excluding hydrogens is 170 g/mol. The van der Waals surface area contributed by atoms with Crippen LogP contribution in [0.2, 0.25) is 0 Å². The van der Waals surface area contributed by atoms with Gasteiger partial charge >= 0.3 is 5.97 Å². The van der Waals surface area contributed by atoms with Crippen LogP contribution in [0, 0.1) is 5.92 Å². The Morgan fingerprint density at radius 3 is 2.46 bits per heavy atom. The van der Waals surface area contributed by atoms with Crippen molar-refractivity contribution in [3.05, 3.63) is 0 Å². The Labute approximate surface area is 77.5 Å². The van der Waals surface area contributed by atoms with Gasteiger partial charge in [-0.3, -0.25) is 9.59 Å². The first-order valence-electron chi connectivity index (χ1n) is 4.52. The van der Waals surface area contributed by atoms with Crippen molar-refractivity contribution in [3.8, 4) is 0 Å². The average Bonchev–Trinajstić information content (AvgIpc) is 2.04. The van der Waals surface area contributed by atoms with Crippen LogP contribution in [-0.2, 0) is 9.59 Å². The molecule has 0 unspecified atom stereocenters. The van der Waals surface area contributed by atoms with E-state index in [1.54, 1.807) is 4.90 Å². The van der Waals surface area contributed by atoms with E-state index in [4.69, 9.17) is 5.11 Å². The number of carbonyl (C=O) groups excluding carboxylic acids is 1. The predicted octanol–water partition coefficient (Wildman–Crippen LogP) is 0.718. The molecule has 74 valence electrons. The summed E-state index contributed by atoms with van der Waals surface area (Å²) in [5.74, 6) is -1.20. The van der Waals surface area contributed by atoms with Crippen molar-refractivity contribution < 1.29 is 14.7 Å². The summed E-state index contributed by atoms with van der Waals surface area (Å²) in [5, 5.41) is 8.79. The third-order valence-electron chi connectivity index (χ3n) is 2.64. The topological polar surface area (TPSA) is 57.6 Å². The lowest BCUT2D eigenvalue weighted by Crippen LogP contribution is -2.46. The molecule has 1 amide bonds. The number of carboxylic acids is 1. The Hall–Kier alpha value is -1.06. The van der Waals surface area contributed by atoms with Gasteiger partial charge in [0.15, 0.2) is 0 Å². The number of amides is 1. The lowest BCUT2D eigenvalue weighted by Gasteiger charge is -2.35. The molecule has 2 atom stereocenters. The highest BCUT2D eigenvalue weighted by molar-refractivity contribution is 5.76. The highest BCUT2D eigenvalue weighted by atomic mass is 16.4. The Bertz CT molecular complexity index is 227. The summed E-state index contributed by atoms with van der Waals surface area (Å²) in [6.07, 6.45) is 1.47. The van der Waals surface area contributed by atoms with Gasteiger partial charge in [0.2, 0.25) is 5.91 Å². The van der Waals surface area contributed by atoms with E-state index < -0.39 is 5.97 Å². The first-order valence-corrected chi connectivity index (χ1v) is 4.52. The van der Waals surface area contributed by atoms with E-state index >= 15 is 0 Å². The molecule has 0 radical (unpaired) electrons. The maximum absolute atomic E-state index is 11.1. The van der Waals surface area contributed by atoms with Gasteiger partial charge in [0.25, 0.3) is 0 Å². The SMILES string of the molecule is CC(=O)N1C[C@H](C(=O)O)CC[C@@H]1C. The van der Waals surface area contributed by atoms with E-state index in [9.17, 15) is 9.59 Å². The van der Waals surface area contributed by atoms with Gasteiger partial charge in [0.05, 0.1) is 5.92 Å². The lowest BCUT2D eigenvalue weighted by atomic mass is 9.93. The average molecular weight is 185 g/mol. The maximum atomic E-state index is 11.1. The molecule has 0 bridgehead atoms. The maximum Gasteiger partial charge on any atom is 0.308 e. The van der Waals surface area contributed by atoms with Crippen LogP contribution in [0.5, 0.6) is 0 Å². The Morgan fingerprint density at radius 1 is 1.38 bits per heavy atom.